The zero-order valence-electron chi connectivity index (χ0n) is 14.1. The van der Waals surface area contributed by atoms with Crippen LogP contribution in [0.15, 0.2) is 24.4 Å². The highest BCUT2D eigenvalue weighted by Crippen LogP contribution is 2.31. The minimum Gasteiger partial charge on any atom is -0.426 e. The van der Waals surface area contributed by atoms with Crippen molar-refractivity contribution < 1.29 is 9.53 Å². The molecule has 0 atom stereocenters. The number of nitrogens with zero attached hydrogens (tertiary/aromatic N) is 2. The second-order valence-corrected chi connectivity index (χ2v) is 6.00. The SMILES string of the molecule is CCCCn1cc(CCN(C)C)c2c(OC(C)=O)cccc21. The van der Waals surface area contributed by atoms with Crippen molar-refractivity contribution in [1.29, 1.82) is 0 Å². The fourth-order valence-corrected chi connectivity index (χ4v) is 2.69. The topological polar surface area (TPSA) is 34.5 Å². The summed E-state index contributed by atoms with van der Waals surface area (Å²) in [6, 6.07) is 5.95. The van der Waals surface area contributed by atoms with Gasteiger partial charge in [-0.3, -0.25) is 4.79 Å². The molecule has 0 spiro atoms. The molecule has 4 heteroatoms. The Bertz CT molecular complexity index is 644. The number of aryl methyl sites for hydroxylation is 1. The Hall–Kier alpha value is -1.81. The third-order valence-corrected chi connectivity index (χ3v) is 3.78. The lowest BCUT2D eigenvalue weighted by Crippen LogP contribution is -2.15. The summed E-state index contributed by atoms with van der Waals surface area (Å²) in [6.45, 7) is 5.62. The van der Waals surface area contributed by atoms with Crippen molar-refractivity contribution in [2.24, 2.45) is 0 Å². The molecule has 1 aromatic heterocycles. The highest BCUT2D eigenvalue weighted by atomic mass is 16.5. The number of carbonyl (C=O) groups excluding carboxylic acids is 1. The third-order valence-electron chi connectivity index (χ3n) is 3.78. The molecule has 120 valence electrons. The van der Waals surface area contributed by atoms with Crippen LogP contribution in [0, 0.1) is 0 Å². The first-order valence-electron chi connectivity index (χ1n) is 7.96. The quantitative estimate of drug-likeness (QED) is 0.580. The Labute approximate surface area is 132 Å². The Morgan fingerprint density at radius 3 is 2.73 bits per heavy atom. The largest absolute Gasteiger partial charge is 0.426 e. The lowest BCUT2D eigenvalue weighted by atomic mass is 10.1. The van der Waals surface area contributed by atoms with Gasteiger partial charge in [0, 0.05) is 31.6 Å². The lowest BCUT2D eigenvalue weighted by molar-refractivity contribution is -0.131. The van der Waals surface area contributed by atoms with Crippen LogP contribution in [0.3, 0.4) is 0 Å². The van der Waals surface area contributed by atoms with Gasteiger partial charge in [-0.15, -0.1) is 0 Å². The molecule has 0 saturated carbocycles. The molecule has 0 aliphatic rings. The van der Waals surface area contributed by atoms with E-state index >= 15 is 0 Å². The summed E-state index contributed by atoms with van der Waals surface area (Å²) >= 11 is 0. The van der Waals surface area contributed by atoms with E-state index < -0.39 is 0 Å². The number of benzene rings is 1. The van der Waals surface area contributed by atoms with Crippen LogP contribution in [0.1, 0.15) is 32.3 Å². The molecule has 0 N–H and O–H groups in total. The van der Waals surface area contributed by atoms with Crippen molar-refractivity contribution in [2.45, 2.75) is 39.7 Å². The van der Waals surface area contributed by atoms with Crippen molar-refractivity contribution in [1.82, 2.24) is 9.47 Å². The maximum absolute atomic E-state index is 11.4. The summed E-state index contributed by atoms with van der Waals surface area (Å²) in [6.07, 6.45) is 5.47. The summed E-state index contributed by atoms with van der Waals surface area (Å²) in [5, 5.41) is 1.08. The molecule has 1 heterocycles. The molecule has 0 aliphatic heterocycles. The van der Waals surface area contributed by atoms with Gasteiger partial charge in [-0.1, -0.05) is 19.4 Å². The van der Waals surface area contributed by atoms with Gasteiger partial charge < -0.3 is 14.2 Å². The van der Waals surface area contributed by atoms with Crippen LogP contribution in [0.25, 0.3) is 10.9 Å². The van der Waals surface area contributed by atoms with Crippen LogP contribution in [0.5, 0.6) is 5.75 Å². The maximum atomic E-state index is 11.4. The Balaban J connectivity index is 2.47. The van der Waals surface area contributed by atoms with Gasteiger partial charge in [-0.2, -0.15) is 0 Å². The first-order valence-corrected chi connectivity index (χ1v) is 7.96. The standard InChI is InChI=1S/C18H26N2O2/c1-5-6-11-20-13-15(10-12-19(3)4)18-16(20)8-7-9-17(18)22-14(2)21/h7-9,13H,5-6,10-12H2,1-4H3. The molecular weight excluding hydrogens is 276 g/mol. The number of esters is 1. The van der Waals surface area contributed by atoms with Gasteiger partial charge in [0.25, 0.3) is 0 Å². The Morgan fingerprint density at radius 2 is 2.09 bits per heavy atom. The molecule has 0 unspecified atom stereocenters. The minimum absolute atomic E-state index is 0.271. The summed E-state index contributed by atoms with van der Waals surface area (Å²) in [4.78, 5) is 13.5. The van der Waals surface area contributed by atoms with Crippen molar-refractivity contribution >= 4 is 16.9 Å². The van der Waals surface area contributed by atoms with Gasteiger partial charge in [0.05, 0.1) is 5.52 Å². The number of fused-ring (bicyclic) bond motifs is 1. The zero-order chi connectivity index (χ0) is 16.1. The van der Waals surface area contributed by atoms with E-state index in [1.54, 1.807) is 0 Å². The van der Waals surface area contributed by atoms with Crippen LogP contribution in [-0.2, 0) is 17.8 Å². The Kier molecular flexibility index (Phi) is 5.61. The second-order valence-electron chi connectivity index (χ2n) is 6.00. The number of rotatable bonds is 7. The summed E-state index contributed by atoms with van der Waals surface area (Å²) < 4.78 is 7.72. The molecule has 2 rings (SSSR count). The first kappa shape index (κ1) is 16.6. The number of hydrogen-bond donors (Lipinski definition) is 0. The summed E-state index contributed by atoms with van der Waals surface area (Å²) in [5.74, 6) is 0.404. The predicted octanol–water partition coefficient (Wildman–Crippen LogP) is 3.47. The monoisotopic (exact) mass is 302 g/mol. The van der Waals surface area contributed by atoms with E-state index in [1.165, 1.54) is 12.5 Å². The number of hydrogen-bond acceptors (Lipinski definition) is 3. The van der Waals surface area contributed by atoms with Crippen LogP contribution in [0.2, 0.25) is 0 Å². The molecule has 1 aromatic carbocycles. The average molecular weight is 302 g/mol. The van der Waals surface area contributed by atoms with Gasteiger partial charge in [-0.05, 0) is 44.6 Å². The van der Waals surface area contributed by atoms with E-state index in [0.29, 0.717) is 5.75 Å². The van der Waals surface area contributed by atoms with Crippen LogP contribution in [-0.4, -0.2) is 36.1 Å². The molecular formula is C18H26N2O2. The second kappa shape index (κ2) is 7.45. The van der Waals surface area contributed by atoms with Gasteiger partial charge >= 0.3 is 5.97 Å². The van der Waals surface area contributed by atoms with E-state index in [2.05, 4.69) is 42.7 Å². The minimum atomic E-state index is -0.271. The fraction of sp³-hybridized carbons (Fsp3) is 0.500. The van der Waals surface area contributed by atoms with Crippen molar-refractivity contribution in [3.8, 4) is 5.75 Å². The summed E-state index contributed by atoms with van der Waals surface area (Å²) in [5.41, 5.74) is 2.40. The normalized spacial score (nSPS) is 11.3. The van der Waals surface area contributed by atoms with Gasteiger partial charge in [0.15, 0.2) is 0 Å². The molecule has 0 amide bonds. The van der Waals surface area contributed by atoms with E-state index in [4.69, 9.17) is 4.74 Å². The van der Waals surface area contributed by atoms with Gasteiger partial charge in [0.2, 0.25) is 0 Å². The molecule has 2 aromatic rings. The molecule has 4 nitrogen and oxygen atoms in total. The number of ether oxygens (including phenoxy) is 1. The van der Waals surface area contributed by atoms with E-state index in [-0.39, 0.29) is 5.97 Å². The van der Waals surface area contributed by atoms with Gasteiger partial charge in [-0.25, -0.2) is 0 Å². The highest BCUT2D eigenvalue weighted by molar-refractivity contribution is 5.91. The van der Waals surface area contributed by atoms with Crippen molar-refractivity contribution in [3.05, 3.63) is 30.0 Å². The molecule has 0 radical (unpaired) electrons. The van der Waals surface area contributed by atoms with E-state index in [9.17, 15) is 4.79 Å². The smallest absolute Gasteiger partial charge is 0.308 e. The van der Waals surface area contributed by atoms with Gasteiger partial charge in [0.1, 0.15) is 5.75 Å². The third kappa shape index (κ3) is 3.89. The highest BCUT2D eigenvalue weighted by Gasteiger charge is 2.14. The van der Waals surface area contributed by atoms with E-state index in [0.717, 1.165) is 43.3 Å². The van der Waals surface area contributed by atoms with Crippen molar-refractivity contribution in [2.75, 3.05) is 20.6 Å². The molecule has 0 saturated heterocycles. The lowest BCUT2D eigenvalue weighted by Gasteiger charge is -2.09. The predicted molar refractivity (Wildman–Crippen MR) is 90.4 cm³/mol. The zero-order valence-corrected chi connectivity index (χ0v) is 14.1. The number of unbranched alkanes of at least 4 members (excludes halogenated alkanes) is 1. The van der Waals surface area contributed by atoms with Crippen LogP contribution < -0.4 is 4.74 Å². The number of aromatic nitrogens is 1. The Morgan fingerprint density at radius 1 is 1.32 bits per heavy atom. The molecule has 0 bridgehead atoms. The fourth-order valence-electron chi connectivity index (χ4n) is 2.69. The molecule has 22 heavy (non-hydrogen) atoms. The maximum Gasteiger partial charge on any atom is 0.308 e. The van der Waals surface area contributed by atoms with Crippen molar-refractivity contribution in [3.63, 3.8) is 0 Å². The summed E-state index contributed by atoms with van der Waals surface area (Å²) in [7, 11) is 4.15. The first-order chi connectivity index (χ1) is 10.5. The van der Waals surface area contributed by atoms with Crippen LogP contribution in [0.4, 0.5) is 0 Å². The number of carbonyl (C=O) groups is 1. The van der Waals surface area contributed by atoms with E-state index in [1.807, 2.05) is 12.1 Å². The average Bonchev–Trinajstić information content (AvgIpc) is 2.81. The number of likely N-dealkylation sites (N-methyl/N-ethyl adjacent to an activating group) is 1. The molecule has 0 aliphatic carbocycles. The van der Waals surface area contributed by atoms with Crippen LogP contribution >= 0.6 is 0 Å². The molecule has 0 fully saturated rings.